The molecule has 4 aromatic rings. The Morgan fingerprint density at radius 1 is 1.20 bits per heavy atom. The number of rotatable bonds is 5. The number of fused-ring (bicyclic) bond motifs is 1. The minimum Gasteiger partial charge on any atom is -0.467 e. The van der Waals surface area contributed by atoms with Gasteiger partial charge in [-0.2, -0.15) is 0 Å². The molecule has 0 fully saturated rings. The zero-order valence-electron chi connectivity index (χ0n) is 13.0. The molecule has 0 radical (unpaired) electrons. The van der Waals surface area contributed by atoms with Crippen LogP contribution in [-0.4, -0.2) is 25.8 Å². The van der Waals surface area contributed by atoms with E-state index < -0.39 is 0 Å². The van der Waals surface area contributed by atoms with Crippen molar-refractivity contribution < 1.29 is 13.8 Å². The summed E-state index contributed by atoms with van der Waals surface area (Å²) in [6, 6.07) is 11.0. The normalized spacial score (nSPS) is 11.0. The van der Waals surface area contributed by atoms with E-state index in [9.17, 15) is 4.79 Å². The number of carbonyl (C=O) groups excluding carboxylic acids is 1. The standard InChI is InChI=1S/C16H14N6O3/c17-15-14(20-25-21-15)16-19-11-5-1-2-6-12(11)22(16)9-13(23)18-8-10-4-3-7-24-10/h1-7H,8-9H2,(H2,17,21)(H,18,23). The SMILES string of the molecule is Nc1nonc1-c1nc2ccccc2n1CC(=O)NCc1ccco1. The second kappa shape index (κ2) is 6.11. The van der Waals surface area contributed by atoms with Gasteiger partial charge in [0, 0.05) is 0 Å². The second-order valence-corrected chi connectivity index (χ2v) is 5.36. The second-order valence-electron chi connectivity index (χ2n) is 5.36. The highest BCUT2D eigenvalue weighted by atomic mass is 16.6. The monoisotopic (exact) mass is 338 g/mol. The highest BCUT2D eigenvalue weighted by Crippen LogP contribution is 2.26. The minimum absolute atomic E-state index is 0.0445. The van der Waals surface area contributed by atoms with E-state index in [-0.39, 0.29) is 18.3 Å². The van der Waals surface area contributed by atoms with Crippen molar-refractivity contribution in [1.82, 2.24) is 25.2 Å². The molecule has 9 heteroatoms. The summed E-state index contributed by atoms with van der Waals surface area (Å²) >= 11 is 0. The lowest BCUT2D eigenvalue weighted by Gasteiger charge is -2.08. The number of amides is 1. The zero-order valence-corrected chi connectivity index (χ0v) is 13.0. The number of benzene rings is 1. The third-order valence-corrected chi connectivity index (χ3v) is 3.72. The molecule has 0 aliphatic carbocycles. The number of nitrogens with zero attached hydrogens (tertiary/aromatic N) is 4. The van der Waals surface area contributed by atoms with Gasteiger partial charge in [-0.05, 0) is 34.6 Å². The van der Waals surface area contributed by atoms with E-state index in [1.54, 1.807) is 23.0 Å². The smallest absolute Gasteiger partial charge is 0.240 e. The summed E-state index contributed by atoms with van der Waals surface area (Å²) in [5, 5.41) is 10.2. The molecule has 0 spiro atoms. The van der Waals surface area contributed by atoms with Crippen LogP contribution >= 0.6 is 0 Å². The van der Waals surface area contributed by atoms with Crippen molar-refractivity contribution in [3.63, 3.8) is 0 Å². The van der Waals surface area contributed by atoms with Crippen LogP contribution < -0.4 is 11.1 Å². The predicted octanol–water partition coefficient (Wildman–Crippen LogP) is 1.58. The van der Waals surface area contributed by atoms with Crippen molar-refractivity contribution in [2.24, 2.45) is 0 Å². The molecule has 1 aromatic carbocycles. The van der Waals surface area contributed by atoms with Crippen molar-refractivity contribution in [1.29, 1.82) is 0 Å². The van der Waals surface area contributed by atoms with Gasteiger partial charge in [-0.25, -0.2) is 9.61 Å². The molecule has 0 bridgehead atoms. The quantitative estimate of drug-likeness (QED) is 0.566. The zero-order chi connectivity index (χ0) is 17.2. The molecule has 3 aromatic heterocycles. The lowest BCUT2D eigenvalue weighted by Crippen LogP contribution is -2.27. The van der Waals surface area contributed by atoms with E-state index in [2.05, 4.69) is 25.2 Å². The van der Waals surface area contributed by atoms with Gasteiger partial charge in [0.25, 0.3) is 0 Å². The predicted molar refractivity (Wildman–Crippen MR) is 88.0 cm³/mol. The van der Waals surface area contributed by atoms with Gasteiger partial charge in [-0.1, -0.05) is 12.1 Å². The van der Waals surface area contributed by atoms with Crippen molar-refractivity contribution in [3.05, 3.63) is 48.4 Å². The van der Waals surface area contributed by atoms with Gasteiger partial charge in [0.1, 0.15) is 12.3 Å². The Morgan fingerprint density at radius 2 is 2.08 bits per heavy atom. The molecule has 9 nitrogen and oxygen atoms in total. The Labute approximate surface area is 141 Å². The van der Waals surface area contributed by atoms with Crippen molar-refractivity contribution in [2.75, 3.05) is 5.73 Å². The first-order chi connectivity index (χ1) is 12.2. The molecule has 0 saturated carbocycles. The summed E-state index contributed by atoms with van der Waals surface area (Å²) in [6.45, 7) is 0.351. The molecule has 0 aliphatic heterocycles. The average Bonchev–Trinajstić information content (AvgIpc) is 3.34. The average molecular weight is 338 g/mol. The maximum absolute atomic E-state index is 12.4. The van der Waals surface area contributed by atoms with Crippen LogP contribution in [0.2, 0.25) is 0 Å². The fraction of sp³-hybridized carbons (Fsp3) is 0.125. The number of carbonyl (C=O) groups is 1. The third-order valence-electron chi connectivity index (χ3n) is 3.72. The van der Waals surface area contributed by atoms with E-state index in [1.807, 2.05) is 24.3 Å². The molecule has 0 atom stereocenters. The Morgan fingerprint density at radius 3 is 2.84 bits per heavy atom. The molecule has 3 N–H and O–H groups in total. The molecule has 3 heterocycles. The highest BCUT2D eigenvalue weighted by Gasteiger charge is 2.20. The van der Waals surface area contributed by atoms with Gasteiger partial charge < -0.3 is 20.0 Å². The van der Waals surface area contributed by atoms with E-state index in [1.165, 1.54) is 0 Å². The Bertz CT molecular complexity index is 1020. The Hall–Kier alpha value is -3.62. The van der Waals surface area contributed by atoms with Crippen molar-refractivity contribution in [2.45, 2.75) is 13.1 Å². The third kappa shape index (κ3) is 2.82. The topological polar surface area (TPSA) is 125 Å². The van der Waals surface area contributed by atoms with Crippen LogP contribution in [0.1, 0.15) is 5.76 Å². The fourth-order valence-corrected chi connectivity index (χ4v) is 2.57. The largest absolute Gasteiger partial charge is 0.467 e. The summed E-state index contributed by atoms with van der Waals surface area (Å²) in [7, 11) is 0. The van der Waals surface area contributed by atoms with Crippen LogP contribution in [0.5, 0.6) is 0 Å². The first-order valence-electron chi connectivity index (χ1n) is 7.55. The fourth-order valence-electron chi connectivity index (χ4n) is 2.57. The number of nitrogen functional groups attached to an aromatic ring is 1. The van der Waals surface area contributed by atoms with E-state index in [4.69, 9.17) is 10.2 Å². The minimum atomic E-state index is -0.198. The molecule has 1 amide bonds. The maximum Gasteiger partial charge on any atom is 0.240 e. The number of nitrogens with two attached hydrogens (primary N) is 1. The number of hydrogen-bond donors (Lipinski definition) is 2. The molecular formula is C16H14N6O3. The first kappa shape index (κ1) is 14.9. The molecule has 126 valence electrons. The van der Waals surface area contributed by atoms with Crippen molar-refractivity contribution >= 4 is 22.8 Å². The summed E-state index contributed by atoms with van der Waals surface area (Å²) in [5.74, 6) is 1.02. The number of anilines is 1. The Balaban J connectivity index is 1.65. The van der Waals surface area contributed by atoms with Crippen molar-refractivity contribution in [3.8, 4) is 11.5 Å². The lowest BCUT2D eigenvalue weighted by molar-refractivity contribution is -0.121. The summed E-state index contributed by atoms with van der Waals surface area (Å²) in [4.78, 5) is 16.9. The number of aromatic nitrogens is 4. The van der Waals surface area contributed by atoms with Crippen LogP contribution in [0.3, 0.4) is 0 Å². The molecule has 4 rings (SSSR count). The van der Waals surface area contributed by atoms with Gasteiger partial charge in [-0.15, -0.1) is 0 Å². The molecule has 0 unspecified atom stereocenters. The first-order valence-corrected chi connectivity index (χ1v) is 7.55. The molecule has 0 saturated heterocycles. The van der Waals surface area contributed by atoms with E-state index in [0.29, 0.717) is 23.8 Å². The highest BCUT2D eigenvalue weighted by molar-refractivity contribution is 5.85. The van der Waals surface area contributed by atoms with Crippen LogP contribution in [-0.2, 0) is 17.9 Å². The van der Waals surface area contributed by atoms with Gasteiger partial charge in [0.15, 0.2) is 17.3 Å². The lowest BCUT2D eigenvalue weighted by atomic mass is 10.3. The van der Waals surface area contributed by atoms with Gasteiger partial charge in [0.05, 0.1) is 23.8 Å². The number of imidazole rings is 1. The summed E-state index contributed by atoms with van der Waals surface area (Å²) in [5.41, 5.74) is 7.59. The van der Waals surface area contributed by atoms with E-state index in [0.717, 1.165) is 11.0 Å². The van der Waals surface area contributed by atoms with E-state index >= 15 is 0 Å². The van der Waals surface area contributed by atoms with Gasteiger partial charge >= 0.3 is 0 Å². The molecular weight excluding hydrogens is 324 g/mol. The summed E-state index contributed by atoms with van der Waals surface area (Å²) in [6.07, 6.45) is 1.56. The maximum atomic E-state index is 12.4. The number of para-hydroxylation sites is 2. The molecule has 25 heavy (non-hydrogen) atoms. The van der Waals surface area contributed by atoms with Gasteiger partial charge in [-0.3, -0.25) is 4.79 Å². The number of furan rings is 1. The Kier molecular flexibility index (Phi) is 3.65. The number of hydrogen-bond acceptors (Lipinski definition) is 7. The summed E-state index contributed by atoms with van der Waals surface area (Å²) < 4.78 is 11.6. The number of nitrogens with one attached hydrogen (secondary N) is 1. The van der Waals surface area contributed by atoms with Gasteiger partial charge in [0.2, 0.25) is 5.91 Å². The molecule has 0 aliphatic rings. The van der Waals surface area contributed by atoms with Crippen LogP contribution in [0, 0.1) is 0 Å². The van der Waals surface area contributed by atoms with Crippen LogP contribution in [0.15, 0.2) is 51.7 Å². The van der Waals surface area contributed by atoms with Crippen LogP contribution in [0.4, 0.5) is 5.82 Å². The van der Waals surface area contributed by atoms with Crippen LogP contribution in [0.25, 0.3) is 22.6 Å².